The second-order valence-electron chi connectivity index (χ2n) is 6.75. The maximum absolute atomic E-state index is 12.4. The standard InChI is InChI=1S/C20H22N6O3S3/c1-3-10-26-17(23-24-20(26)30)12-16-13-31-19(21-16)22-18(27)14(2)25-32(28,29)11-9-15-7-5-4-6-8-15/h3-9,11,13-14,25H,1,10,12H2,2H3,(H,24,30)(H,21,22,27)/b11-9+/t14-/m0/s1. The van der Waals surface area contributed by atoms with Crippen LogP contribution >= 0.6 is 23.6 Å². The van der Waals surface area contributed by atoms with Gasteiger partial charge in [0.1, 0.15) is 5.82 Å². The number of thiazole rings is 1. The zero-order valence-electron chi connectivity index (χ0n) is 17.2. The molecule has 3 rings (SSSR count). The third-order valence-electron chi connectivity index (χ3n) is 4.24. The van der Waals surface area contributed by atoms with Gasteiger partial charge in [-0.25, -0.2) is 13.4 Å². The lowest BCUT2D eigenvalue weighted by Crippen LogP contribution is -2.40. The molecule has 0 aliphatic heterocycles. The fraction of sp³-hybridized carbons (Fsp3) is 0.200. The van der Waals surface area contributed by atoms with E-state index in [1.807, 2.05) is 6.07 Å². The number of amides is 1. The fourth-order valence-corrected chi connectivity index (χ4v) is 4.65. The van der Waals surface area contributed by atoms with Gasteiger partial charge in [0.05, 0.1) is 18.2 Å². The molecule has 32 heavy (non-hydrogen) atoms. The van der Waals surface area contributed by atoms with Gasteiger partial charge in [0.25, 0.3) is 0 Å². The summed E-state index contributed by atoms with van der Waals surface area (Å²) in [6.07, 6.45) is 3.60. The van der Waals surface area contributed by atoms with Gasteiger partial charge in [-0.05, 0) is 30.8 Å². The van der Waals surface area contributed by atoms with Crippen LogP contribution < -0.4 is 10.0 Å². The number of H-pyrrole nitrogens is 1. The van der Waals surface area contributed by atoms with E-state index >= 15 is 0 Å². The number of benzene rings is 1. The van der Waals surface area contributed by atoms with Crippen molar-refractivity contribution in [1.29, 1.82) is 0 Å². The lowest BCUT2D eigenvalue weighted by molar-refractivity contribution is -0.117. The second-order valence-corrected chi connectivity index (χ2v) is 9.59. The summed E-state index contributed by atoms with van der Waals surface area (Å²) in [5.74, 6) is 0.182. The van der Waals surface area contributed by atoms with Gasteiger partial charge in [-0.1, -0.05) is 36.4 Å². The second kappa shape index (κ2) is 10.6. The van der Waals surface area contributed by atoms with Crippen LogP contribution in [-0.2, 0) is 27.8 Å². The first kappa shape index (κ1) is 23.7. The molecular weight excluding hydrogens is 468 g/mol. The molecule has 1 amide bonds. The minimum absolute atomic E-state index is 0.361. The highest BCUT2D eigenvalue weighted by atomic mass is 32.2. The van der Waals surface area contributed by atoms with Crippen LogP contribution in [0.15, 0.2) is 53.8 Å². The topological polar surface area (TPSA) is 122 Å². The highest BCUT2D eigenvalue weighted by Gasteiger charge is 2.20. The van der Waals surface area contributed by atoms with Crippen LogP contribution in [0.3, 0.4) is 0 Å². The Balaban J connectivity index is 1.59. The molecule has 1 aromatic carbocycles. The molecule has 0 saturated heterocycles. The summed E-state index contributed by atoms with van der Waals surface area (Å²) in [5.41, 5.74) is 1.43. The summed E-state index contributed by atoms with van der Waals surface area (Å²) >= 11 is 6.44. The highest BCUT2D eigenvalue weighted by Crippen LogP contribution is 2.18. The van der Waals surface area contributed by atoms with Crippen molar-refractivity contribution in [2.24, 2.45) is 0 Å². The number of hydrogen-bond acceptors (Lipinski definition) is 7. The van der Waals surface area contributed by atoms with Crippen molar-refractivity contribution in [1.82, 2.24) is 24.5 Å². The molecule has 1 atom stereocenters. The number of nitrogens with one attached hydrogen (secondary N) is 3. The predicted octanol–water partition coefficient (Wildman–Crippen LogP) is 3.09. The Kier molecular flexibility index (Phi) is 7.85. The summed E-state index contributed by atoms with van der Waals surface area (Å²) in [6, 6.07) is 8.01. The Morgan fingerprint density at radius 1 is 1.38 bits per heavy atom. The van der Waals surface area contributed by atoms with E-state index in [1.54, 1.807) is 40.3 Å². The number of nitrogens with zero attached hydrogens (tertiary/aromatic N) is 3. The van der Waals surface area contributed by atoms with Crippen LogP contribution in [0.25, 0.3) is 6.08 Å². The van der Waals surface area contributed by atoms with Gasteiger partial charge in [0.2, 0.25) is 15.9 Å². The van der Waals surface area contributed by atoms with Crippen molar-refractivity contribution in [2.45, 2.75) is 25.9 Å². The normalized spacial score (nSPS) is 12.7. The third-order valence-corrected chi connectivity index (χ3v) is 6.54. The molecule has 0 fully saturated rings. The van der Waals surface area contributed by atoms with Gasteiger partial charge in [-0.2, -0.15) is 9.82 Å². The average molecular weight is 491 g/mol. The Bertz CT molecular complexity index is 1280. The molecule has 168 valence electrons. The first-order chi connectivity index (χ1) is 15.3. The SMILES string of the molecule is C=CCn1c(Cc2csc(NC(=O)[C@H](C)NS(=O)(=O)/C=C/c3ccccc3)n2)n[nH]c1=S. The zero-order valence-corrected chi connectivity index (χ0v) is 19.6. The predicted molar refractivity (Wildman–Crippen MR) is 128 cm³/mol. The molecule has 9 nitrogen and oxygen atoms in total. The molecule has 3 N–H and O–H groups in total. The lowest BCUT2D eigenvalue weighted by atomic mass is 10.2. The maximum Gasteiger partial charge on any atom is 0.244 e. The van der Waals surface area contributed by atoms with Crippen LogP contribution in [0.2, 0.25) is 0 Å². The monoisotopic (exact) mass is 490 g/mol. The molecule has 0 aliphatic rings. The molecule has 3 aromatic rings. The van der Waals surface area contributed by atoms with Gasteiger partial charge in [0, 0.05) is 17.3 Å². The quantitative estimate of drug-likeness (QED) is 0.297. The highest BCUT2D eigenvalue weighted by molar-refractivity contribution is 7.92. The van der Waals surface area contributed by atoms with Gasteiger partial charge >= 0.3 is 0 Å². The van der Waals surface area contributed by atoms with E-state index in [0.29, 0.717) is 34.4 Å². The molecule has 0 saturated carbocycles. The number of carbonyl (C=O) groups is 1. The number of carbonyl (C=O) groups excluding carboxylic acids is 1. The summed E-state index contributed by atoms with van der Waals surface area (Å²) in [6.45, 7) is 5.69. The van der Waals surface area contributed by atoms with E-state index < -0.39 is 22.0 Å². The number of allylic oxidation sites excluding steroid dienone is 1. The Labute approximate surface area is 195 Å². The first-order valence-electron chi connectivity index (χ1n) is 9.53. The average Bonchev–Trinajstić information content (AvgIpc) is 3.34. The van der Waals surface area contributed by atoms with E-state index in [4.69, 9.17) is 12.2 Å². The van der Waals surface area contributed by atoms with E-state index in [9.17, 15) is 13.2 Å². The summed E-state index contributed by atoms with van der Waals surface area (Å²) in [4.78, 5) is 16.8. The number of rotatable bonds is 10. The van der Waals surface area contributed by atoms with Gasteiger partial charge in [-0.3, -0.25) is 14.5 Å². The molecule has 0 spiro atoms. The molecule has 0 radical (unpaired) electrons. The number of sulfonamides is 1. The van der Waals surface area contributed by atoms with Gasteiger partial charge in [0.15, 0.2) is 9.90 Å². The van der Waals surface area contributed by atoms with Crippen molar-refractivity contribution in [2.75, 3.05) is 5.32 Å². The van der Waals surface area contributed by atoms with Crippen molar-refractivity contribution in [3.63, 3.8) is 0 Å². The smallest absolute Gasteiger partial charge is 0.244 e. The molecular formula is C20H22N6O3S3. The van der Waals surface area contributed by atoms with Crippen molar-refractivity contribution >= 4 is 50.7 Å². The maximum atomic E-state index is 12.4. The van der Waals surface area contributed by atoms with Crippen molar-refractivity contribution in [3.05, 3.63) is 75.6 Å². The molecule has 0 bridgehead atoms. The summed E-state index contributed by atoms with van der Waals surface area (Å²) in [5, 5.41) is 12.8. The lowest BCUT2D eigenvalue weighted by Gasteiger charge is -2.11. The molecule has 2 aromatic heterocycles. The van der Waals surface area contributed by atoms with Crippen molar-refractivity contribution < 1.29 is 13.2 Å². The van der Waals surface area contributed by atoms with Crippen LogP contribution in [0.1, 0.15) is 24.0 Å². The van der Waals surface area contributed by atoms with Crippen molar-refractivity contribution in [3.8, 4) is 0 Å². The van der Waals surface area contributed by atoms with Gasteiger partial charge < -0.3 is 5.32 Å². The fourth-order valence-electron chi connectivity index (χ4n) is 2.70. The summed E-state index contributed by atoms with van der Waals surface area (Å²) in [7, 11) is -3.80. The molecule has 0 unspecified atom stereocenters. The Hall–Kier alpha value is -2.93. The Morgan fingerprint density at radius 2 is 2.12 bits per heavy atom. The van der Waals surface area contributed by atoms with E-state index in [2.05, 4.69) is 31.8 Å². The molecule has 2 heterocycles. The number of aromatic amines is 1. The van der Waals surface area contributed by atoms with Crippen LogP contribution in [0.5, 0.6) is 0 Å². The largest absolute Gasteiger partial charge is 0.301 e. The van der Waals surface area contributed by atoms with Crippen LogP contribution in [0, 0.1) is 4.77 Å². The minimum Gasteiger partial charge on any atom is -0.301 e. The van der Waals surface area contributed by atoms with Crippen LogP contribution in [-0.4, -0.2) is 40.1 Å². The van der Waals surface area contributed by atoms with E-state index in [-0.39, 0.29) is 0 Å². The van der Waals surface area contributed by atoms with Gasteiger partial charge in [-0.15, -0.1) is 17.9 Å². The molecule has 0 aliphatic carbocycles. The number of anilines is 1. The third kappa shape index (κ3) is 6.53. The summed E-state index contributed by atoms with van der Waals surface area (Å²) < 4.78 is 29.1. The molecule has 12 heteroatoms. The number of aromatic nitrogens is 4. The van der Waals surface area contributed by atoms with Crippen LogP contribution in [0.4, 0.5) is 5.13 Å². The van der Waals surface area contributed by atoms with E-state index in [0.717, 1.165) is 11.0 Å². The van der Waals surface area contributed by atoms with E-state index in [1.165, 1.54) is 24.3 Å². The Morgan fingerprint density at radius 3 is 2.84 bits per heavy atom. The zero-order chi connectivity index (χ0) is 23.1. The minimum atomic E-state index is -3.80. The first-order valence-corrected chi connectivity index (χ1v) is 12.4. The number of hydrogen-bond donors (Lipinski definition) is 3.